The Labute approximate surface area is 175 Å². The predicted molar refractivity (Wildman–Crippen MR) is 111 cm³/mol. The maximum absolute atomic E-state index is 13.1. The van der Waals surface area contributed by atoms with Gasteiger partial charge in [-0.1, -0.05) is 19.1 Å². The molecule has 4 N–H and O–H groups in total. The lowest BCUT2D eigenvalue weighted by molar-refractivity contribution is -0.162. The minimum absolute atomic E-state index is 0.106. The molecule has 5 nitrogen and oxygen atoms in total. The lowest BCUT2D eigenvalue weighted by atomic mass is 9.73. The van der Waals surface area contributed by atoms with E-state index in [1.54, 1.807) is 0 Å². The number of fused-ring (bicyclic) bond motifs is 1. The molecule has 0 bridgehead atoms. The summed E-state index contributed by atoms with van der Waals surface area (Å²) >= 11 is 0. The number of piperidine rings is 2. The smallest absolute Gasteiger partial charge is 0.385 e. The van der Waals surface area contributed by atoms with Gasteiger partial charge in [-0.25, -0.2) is 0 Å². The Hall–Kier alpha value is -1.80. The third-order valence-electron chi connectivity index (χ3n) is 7.01. The Morgan fingerprint density at radius 3 is 2.83 bits per heavy atom. The van der Waals surface area contributed by atoms with Crippen LogP contribution in [-0.4, -0.2) is 50.3 Å². The van der Waals surface area contributed by atoms with Crippen molar-refractivity contribution in [3.63, 3.8) is 0 Å². The molecule has 3 heterocycles. The first-order valence-electron chi connectivity index (χ1n) is 11.0. The second-order valence-electron chi connectivity index (χ2n) is 8.91. The monoisotopic (exact) mass is 424 g/mol. The fraction of sp³-hybridized carbons (Fsp3) is 0.682. The molecule has 8 heteroatoms. The highest BCUT2D eigenvalue weighted by molar-refractivity contribution is 5.80. The molecule has 5 unspecified atom stereocenters. The zero-order valence-corrected chi connectivity index (χ0v) is 17.3. The van der Waals surface area contributed by atoms with Crippen molar-refractivity contribution >= 4 is 11.6 Å². The van der Waals surface area contributed by atoms with Gasteiger partial charge in [0.25, 0.3) is 0 Å². The highest BCUT2D eigenvalue weighted by atomic mass is 19.4. The van der Waals surface area contributed by atoms with Crippen molar-refractivity contribution in [3.05, 3.63) is 29.3 Å². The number of amides is 1. The van der Waals surface area contributed by atoms with E-state index in [9.17, 15) is 18.0 Å². The van der Waals surface area contributed by atoms with Crippen LogP contribution in [0.25, 0.3) is 0 Å². The molecule has 2 saturated heterocycles. The lowest BCUT2D eigenvalue weighted by Crippen LogP contribution is -2.56. The van der Waals surface area contributed by atoms with E-state index in [-0.39, 0.29) is 36.6 Å². The summed E-state index contributed by atoms with van der Waals surface area (Å²) in [5.74, 6) is -0.0640. The van der Waals surface area contributed by atoms with Crippen LogP contribution >= 0.6 is 0 Å². The highest BCUT2D eigenvalue weighted by Gasteiger charge is 2.43. The number of hydrogen-bond donors (Lipinski definition) is 4. The van der Waals surface area contributed by atoms with Crippen molar-refractivity contribution in [2.24, 2.45) is 11.8 Å². The van der Waals surface area contributed by atoms with Gasteiger partial charge in [-0.2, -0.15) is 13.2 Å². The molecule has 0 saturated carbocycles. The van der Waals surface area contributed by atoms with Crippen LogP contribution in [-0.2, 0) is 11.2 Å². The maximum Gasteiger partial charge on any atom is 0.403 e. The SMILES string of the molecule is CC1C(C(=O)NC2CCNC(C(F)(F)F)C2)CNCC1c1cccc2c1CCCN2. The van der Waals surface area contributed by atoms with Crippen LogP contribution in [0.3, 0.4) is 0 Å². The maximum atomic E-state index is 13.1. The molecule has 1 amide bonds. The van der Waals surface area contributed by atoms with Crippen molar-refractivity contribution < 1.29 is 18.0 Å². The second-order valence-corrected chi connectivity index (χ2v) is 8.91. The summed E-state index contributed by atoms with van der Waals surface area (Å²) in [7, 11) is 0. The molecule has 3 aliphatic rings. The third kappa shape index (κ3) is 4.44. The van der Waals surface area contributed by atoms with Gasteiger partial charge in [-0.15, -0.1) is 0 Å². The van der Waals surface area contributed by atoms with Crippen molar-refractivity contribution in [3.8, 4) is 0 Å². The highest BCUT2D eigenvalue weighted by Crippen LogP contribution is 2.38. The summed E-state index contributed by atoms with van der Waals surface area (Å²) in [6.07, 6.45) is -1.74. The van der Waals surface area contributed by atoms with E-state index in [1.807, 2.05) is 0 Å². The molecule has 0 aromatic heterocycles. The fourth-order valence-corrected chi connectivity index (χ4v) is 5.26. The van der Waals surface area contributed by atoms with Gasteiger partial charge in [0.2, 0.25) is 5.91 Å². The molecule has 30 heavy (non-hydrogen) atoms. The van der Waals surface area contributed by atoms with Gasteiger partial charge >= 0.3 is 6.18 Å². The summed E-state index contributed by atoms with van der Waals surface area (Å²) in [4.78, 5) is 13.0. The fourth-order valence-electron chi connectivity index (χ4n) is 5.26. The van der Waals surface area contributed by atoms with E-state index >= 15 is 0 Å². The van der Waals surface area contributed by atoms with Crippen molar-refractivity contribution in [2.45, 2.75) is 56.8 Å². The Bertz CT molecular complexity index is 769. The molecule has 0 radical (unpaired) electrons. The molecule has 1 aromatic carbocycles. The minimum Gasteiger partial charge on any atom is -0.385 e. The average Bonchev–Trinajstić information content (AvgIpc) is 2.73. The Balaban J connectivity index is 1.45. The van der Waals surface area contributed by atoms with Crippen LogP contribution in [0, 0.1) is 11.8 Å². The summed E-state index contributed by atoms with van der Waals surface area (Å²) in [6, 6.07) is 4.35. The quantitative estimate of drug-likeness (QED) is 0.603. The summed E-state index contributed by atoms with van der Waals surface area (Å²) in [5.41, 5.74) is 3.82. The van der Waals surface area contributed by atoms with Crippen LogP contribution in [0.1, 0.15) is 43.2 Å². The Morgan fingerprint density at radius 1 is 1.20 bits per heavy atom. The topological polar surface area (TPSA) is 65.2 Å². The molecular weight excluding hydrogens is 393 g/mol. The molecule has 3 aliphatic heterocycles. The third-order valence-corrected chi connectivity index (χ3v) is 7.01. The number of anilines is 1. The van der Waals surface area contributed by atoms with Gasteiger partial charge in [0.15, 0.2) is 0 Å². The van der Waals surface area contributed by atoms with Crippen LogP contribution < -0.4 is 21.3 Å². The first-order chi connectivity index (χ1) is 14.3. The molecule has 4 rings (SSSR count). The van der Waals surface area contributed by atoms with Crippen molar-refractivity contribution in [1.29, 1.82) is 0 Å². The van der Waals surface area contributed by atoms with Crippen molar-refractivity contribution in [1.82, 2.24) is 16.0 Å². The standard InChI is InChI=1S/C22H31F3N4O/c1-13-17(15-4-2-6-19-16(15)5-3-8-27-19)11-26-12-18(13)21(30)29-14-7-9-28-20(10-14)22(23,24)25/h2,4,6,13-14,17-18,20,26-28H,3,5,7-12H2,1H3,(H,29,30). The minimum atomic E-state index is -4.28. The largest absolute Gasteiger partial charge is 0.403 e. The van der Waals surface area contributed by atoms with Crippen LogP contribution in [0.4, 0.5) is 18.9 Å². The van der Waals surface area contributed by atoms with Crippen molar-refractivity contribution in [2.75, 3.05) is 31.5 Å². The van der Waals surface area contributed by atoms with Gasteiger partial charge in [-0.3, -0.25) is 4.79 Å². The number of benzene rings is 1. The normalized spacial score (nSPS) is 32.1. The van der Waals surface area contributed by atoms with Gasteiger partial charge in [0.05, 0.1) is 5.92 Å². The van der Waals surface area contributed by atoms with Crippen LogP contribution in [0.5, 0.6) is 0 Å². The van der Waals surface area contributed by atoms with Gasteiger partial charge in [-0.05, 0) is 55.3 Å². The Kier molecular flexibility index (Phi) is 6.25. The van der Waals surface area contributed by atoms with Gasteiger partial charge in [0.1, 0.15) is 6.04 Å². The van der Waals surface area contributed by atoms with E-state index in [2.05, 4.69) is 46.4 Å². The van der Waals surface area contributed by atoms with Gasteiger partial charge < -0.3 is 21.3 Å². The number of alkyl halides is 3. The Morgan fingerprint density at radius 2 is 2.03 bits per heavy atom. The zero-order valence-electron chi connectivity index (χ0n) is 17.3. The van der Waals surface area contributed by atoms with Gasteiger partial charge in [0, 0.05) is 37.3 Å². The predicted octanol–water partition coefficient (Wildman–Crippen LogP) is 2.78. The summed E-state index contributed by atoms with van der Waals surface area (Å²) in [5, 5.41) is 12.3. The van der Waals surface area contributed by atoms with E-state index in [1.165, 1.54) is 16.8 Å². The number of halogens is 3. The van der Waals surface area contributed by atoms with E-state index in [4.69, 9.17) is 0 Å². The molecule has 2 fully saturated rings. The van der Waals surface area contributed by atoms with E-state index in [0.717, 1.165) is 25.9 Å². The first kappa shape index (κ1) is 21.4. The first-order valence-corrected chi connectivity index (χ1v) is 11.0. The molecule has 5 atom stereocenters. The van der Waals surface area contributed by atoms with E-state index < -0.39 is 18.3 Å². The lowest BCUT2D eigenvalue weighted by Gasteiger charge is -2.39. The number of rotatable bonds is 3. The molecule has 1 aromatic rings. The number of nitrogens with one attached hydrogen (secondary N) is 4. The number of carbonyl (C=O) groups is 1. The summed E-state index contributed by atoms with van der Waals surface area (Å²) < 4.78 is 39.2. The van der Waals surface area contributed by atoms with Crippen LogP contribution in [0.15, 0.2) is 18.2 Å². The van der Waals surface area contributed by atoms with Crippen LogP contribution in [0.2, 0.25) is 0 Å². The molecule has 0 aliphatic carbocycles. The number of carbonyl (C=O) groups excluding carboxylic acids is 1. The second kappa shape index (κ2) is 8.75. The summed E-state index contributed by atoms with van der Waals surface area (Å²) in [6.45, 7) is 4.72. The molecule has 0 spiro atoms. The number of hydrogen-bond acceptors (Lipinski definition) is 4. The van der Waals surface area contributed by atoms with E-state index in [0.29, 0.717) is 13.0 Å². The average molecular weight is 425 g/mol. The molecule has 166 valence electrons. The molecular formula is C22H31F3N4O. The zero-order chi connectivity index (χ0) is 21.3.